The van der Waals surface area contributed by atoms with Gasteiger partial charge in [0, 0.05) is 11.0 Å². The van der Waals surface area contributed by atoms with Crippen LogP contribution in [0.3, 0.4) is 0 Å². The zero-order valence-electron chi connectivity index (χ0n) is 8.97. The van der Waals surface area contributed by atoms with Crippen molar-refractivity contribution in [3.8, 4) is 0 Å². The highest BCUT2D eigenvalue weighted by Gasteiger charge is 2.25. The maximum atomic E-state index is 11.6. The van der Waals surface area contributed by atoms with E-state index < -0.39 is 17.1 Å². The number of anilines is 1. The second-order valence-electron chi connectivity index (χ2n) is 3.36. The van der Waals surface area contributed by atoms with Crippen molar-refractivity contribution < 1.29 is 14.4 Å². The first-order chi connectivity index (χ1) is 8.56. The van der Waals surface area contributed by atoms with Crippen LogP contribution in [0.4, 0.5) is 10.5 Å². The minimum atomic E-state index is -0.556. The normalized spacial score (nSPS) is 16.8. The van der Waals surface area contributed by atoms with Gasteiger partial charge in [0.25, 0.3) is 11.1 Å². The third-order valence-corrected chi connectivity index (χ3v) is 3.27. The second-order valence-corrected chi connectivity index (χ2v) is 4.86. The molecule has 1 aromatic rings. The van der Waals surface area contributed by atoms with Crippen molar-refractivity contribution >= 4 is 47.1 Å². The molecular weight excluding hydrogens is 272 g/mol. The van der Waals surface area contributed by atoms with Crippen molar-refractivity contribution in [1.29, 1.82) is 0 Å². The molecule has 0 aliphatic carbocycles. The van der Waals surface area contributed by atoms with Crippen LogP contribution in [0.25, 0.3) is 0 Å². The van der Waals surface area contributed by atoms with Gasteiger partial charge in [0.15, 0.2) is 0 Å². The monoisotopic (exact) mass is 280 g/mol. The number of imide groups is 1. The minimum absolute atomic E-state index is 0.0779. The summed E-state index contributed by atoms with van der Waals surface area (Å²) in [7, 11) is 0. The molecule has 1 fully saturated rings. The number of hydrogen-bond acceptors (Lipinski definition) is 5. The molecule has 0 atom stereocenters. The Morgan fingerprint density at radius 3 is 2.67 bits per heavy atom. The van der Waals surface area contributed by atoms with Gasteiger partial charge in [-0.3, -0.25) is 19.7 Å². The van der Waals surface area contributed by atoms with E-state index in [1.165, 1.54) is 0 Å². The number of thiol groups is 1. The zero-order valence-corrected chi connectivity index (χ0v) is 10.7. The molecule has 0 spiro atoms. The molecular formula is C11H8N2O3S2. The number of benzene rings is 1. The maximum absolute atomic E-state index is 11.6. The molecule has 2 N–H and O–H groups in total. The lowest BCUT2D eigenvalue weighted by Gasteiger charge is -2.04. The van der Waals surface area contributed by atoms with E-state index in [0.717, 1.165) is 6.08 Å². The number of hydrogen-bond donors (Lipinski definition) is 3. The largest absolute Gasteiger partial charge is 0.321 e. The Morgan fingerprint density at radius 1 is 1.33 bits per heavy atom. The Labute approximate surface area is 112 Å². The zero-order chi connectivity index (χ0) is 13.1. The van der Waals surface area contributed by atoms with Crippen LogP contribution < -0.4 is 10.6 Å². The van der Waals surface area contributed by atoms with Crippen molar-refractivity contribution in [2.45, 2.75) is 4.90 Å². The first-order valence-corrected chi connectivity index (χ1v) is 6.16. The molecule has 0 radical (unpaired) electrons. The van der Waals surface area contributed by atoms with E-state index in [-0.39, 0.29) is 4.91 Å². The average molecular weight is 280 g/mol. The number of carbonyl (C=O) groups is 3. The first-order valence-electron chi connectivity index (χ1n) is 4.90. The summed E-state index contributed by atoms with van der Waals surface area (Å²) in [6.45, 7) is 0. The number of amides is 3. The molecule has 5 nitrogen and oxygen atoms in total. The van der Waals surface area contributed by atoms with Crippen LogP contribution in [0.5, 0.6) is 0 Å². The molecule has 0 bridgehead atoms. The van der Waals surface area contributed by atoms with E-state index in [1.54, 1.807) is 24.3 Å². The summed E-state index contributed by atoms with van der Waals surface area (Å²) >= 11 is 4.88. The lowest BCUT2D eigenvalue weighted by Crippen LogP contribution is -2.18. The topological polar surface area (TPSA) is 75.3 Å². The Morgan fingerprint density at radius 2 is 2.06 bits per heavy atom. The molecule has 1 saturated heterocycles. The van der Waals surface area contributed by atoms with Crippen molar-refractivity contribution in [3.05, 3.63) is 35.2 Å². The second kappa shape index (κ2) is 5.28. The maximum Gasteiger partial charge on any atom is 0.290 e. The van der Waals surface area contributed by atoms with Gasteiger partial charge in [-0.15, -0.1) is 12.6 Å². The highest BCUT2D eigenvalue weighted by atomic mass is 32.2. The third-order valence-electron chi connectivity index (χ3n) is 2.07. The summed E-state index contributed by atoms with van der Waals surface area (Å²) in [6.07, 6.45) is 1.09. The summed E-state index contributed by atoms with van der Waals surface area (Å²) in [4.78, 5) is 34.5. The molecule has 92 valence electrons. The lowest BCUT2D eigenvalue weighted by molar-refractivity contribution is -0.116. The van der Waals surface area contributed by atoms with Gasteiger partial charge in [-0.1, -0.05) is 12.1 Å². The predicted octanol–water partition coefficient (Wildman–Crippen LogP) is 1.78. The minimum Gasteiger partial charge on any atom is -0.321 e. The molecule has 18 heavy (non-hydrogen) atoms. The smallest absolute Gasteiger partial charge is 0.290 e. The van der Waals surface area contributed by atoms with Gasteiger partial charge in [0.1, 0.15) is 0 Å². The van der Waals surface area contributed by atoms with E-state index in [4.69, 9.17) is 0 Å². The molecule has 0 unspecified atom stereocenters. The van der Waals surface area contributed by atoms with Gasteiger partial charge < -0.3 is 5.32 Å². The fourth-order valence-corrected chi connectivity index (χ4v) is 2.16. The predicted molar refractivity (Wildman–Crippen MR) is 71.5 cm³/mol. The molecule has 0 aromatic heterocycles. The van der Waals surface area contributed by atoms with Crippen LogP contribution in [0.15, 0.2) is 40.1 Å². The number of rotatable bonds is 2. The number of thioether (sulfide) groups is 1. The molecule has 0 saturated carbocycles. The van der Waals surface area contributed by atoms with Crippen molar-refractivity contribution in [2.24, 2.45) is 0 Å². The standard InChI is InChI=1S/C11H8N2O3S2/c14-9(5-8-10(15)13-11(16)18-8)12-6-3-1-2-4-7(6)17/h1-5,17H,(H,12,14)(H,13,15,16). The van der Waals surface area contributed by atoms with Crippen LogP contribution in [0, 0.1) is 0 Å². The van der Waals surface area contributed by atoms with Crippen molar-refractivity contribution in [1.82, 2.24) is 5.32 Å². The molecule has 2 rings (SSSR count). The molecule has 1 aliphatic rings. The Balaban J connectivity index is 2.10. The quantitative estimate of drug-likeness (QED) is 0.570. The van der Waals surface area contributed by atoms with E-state index in [1.807, 2.05) is 0 Å². The van der Waals surface area contributed by atoms with E-state index >= 15 is 0 Å². The number of carbonyl (C=O) groups excluding carboxylic acids is 3. The van der Waals surface area contributed by atoms with Crippen LogP contribution in [0.2, 0.25) is 0 Å². The summed E-state index contributed by atoms with van der Waals surface area (Å²) in [5.74, 6) is -1.04. The lowest BCUT2D eigenvalue weighted by atomic mass is 10.3. The SMILES string of the molecule is O=C(C=C1SC(=O)NC1=O)Nc1ccccc1S. The molecule has 7 heteroatoms. The molecule has 1 aliphatic heterocycles. The van der Waals surface area contributed by atoms with E-state index in [2.05, 4.69) is 23.3 Å². The summed E-state index contributed by atoms with van der Waals surface area (Å²) in [6, 6.07) is 6.95. The summed E-state index contributed by atoms with van der Waals surface area (Å²) < 4.78 is 0. The van der Waals surface area contributed by atoms with Crippen LogP contribution >= 0.6 is 24.4 Å². The van der Waals surface area contributed by atoms with Gasteiger partial charge in [0.05, 0.1) is 10.6 Å². The Bertz CT molecular complexity index is 569. The Kier molecular flexibility index (Phi) is 3.73. The first kappa shape index (κ1) is 12.7. The average Bonchev–Trinajstić information content (AvgIpc) is 2.61. The summed E-state index contributed by atoms with van der Waals surface area (Å²) in [5.41, 5.74) is 0.539. The van der Waals surface area contributed by atoms with E-state index in [9.17, 15) is 14.4 Å². The highest BCUT2D eigenvalue weighted by molar-refractivity contribution is 8.18. The van der Waals surface area contributed by atoms with Crippen molar-refractivity contribution in [2.75, 3.05) is 5.32 Å². The fraction of sp³-hybridized carbons (Fsp3) is 0. The van der Waals surface area contributed by atoms with Crippen LogP contribution in [-0.2, 0) is 9.59 Å². The van der Waals surface area contributed by atoms with Crippen LogP contribution in [0.1, 0.15) is 0 Å². The molecule has 1 aromatic carbocycles. The van der Waals surface area contributed by atoms with Gasteiger partial charge >= 0.3 is 0 Å². The summed E-state index contributed by atoms with van der Waals surface area (Å²) in [5, 5.41) is 4.17. The van der Waals surface area contributed by atoms with Gasteiger partial charge in [0.2, 0.25) is 5.91 Å². The van der Waals surface area contributed by atoms with E-state index in [0.29, 0.717) is 22.3 Å². The van der Waals surface area contributed by atoms with Gasteiger partial charge in [-0.05, 0) is 23.9 Å². The van der Waals surface area contributed by atoms with Gasteiger partial charge in [-0.2, -0.15) is 0 Å². The van der Waals surface area contributed by atoms with Gasteiger partial charge in [-0.25, -0.2) is 0 Å². The number of para-hydroxylation sites is 1. The van der Waals surface area contributed by atoms with Crippen LogP contribution in [-0.4, -0.2) is 17.1 Å². The fourth-order valence-electron chi connectivity index (χ4n) is 1.29. The van der Waals surface area contributed by atoms with Crippen molar-refractivity contribution in [3.63, 3.8) is 0 Å². The molecule has 3 amide bonds. The molecule has 1 heterocycles. The highest BCUT2D eigenvalue weighted by Crippen LogP contribution is 2.23. The number of nitrogens with one attached hydrogen (secondary N) is 2. The Hall–Kier alpha value is -1.73. The third kappa shape index (κ3) is 2.93.